The van der Waals surface area contributed by atoms with Gasteiger partial charge in [-0.3, -0.25) is 9.69 Å². The Morgan fingerprint density at radius 1 is 1.32 bits per heavy atom. The molecule has 1 fully saturated rings. The average Bonchev–Trinajstić information content (AvgIpc) is 2.66. The van der Waals surface area contributed by atoms with E-state index < -0.39 is 0 Å². The van der Waals surface area contributed by atoms with E-state index in [4.69, 9.17) is 0 Å². The van der Waals surface area contributed by atoms with Gasteiger partial charge in [0.15, 0.2) is 5.78 Å². The third-order valence-electron chi connectivity index (χ3n) is 4.32. The van der Waals surface area contributed by atoms with Gasteiger partial charge in [-0.1, -0.05) is 25.7 Å². The van der Waals surface area contributed by atoms with Crippen LogP contribution in [0.2, 0.25) is 0 Å². The van der Waals surface area contributed by atoms with Gasteiger partial charge >= 0.3 is 0 Å². The number of Topliss-reactive ketones (excluding diaryl/α,β-unsaturated/α-hetero) is 1. The number of hydrogen-bond acceptors (Lipinski definition) is 3. The molecule has 4 heteroatoms. The Hall–Kier alpha value is -0.190. The van der Waals surface area contributed by atoms with E-state index in [1.807, 2.05) is 11.4 Å². The zero-order valence-electron chi connectivity index (χ0n) is 11.7. The van der Waals surface area contributed by atoms with Gasteiger partial charge in [0.2, 0.25) is 0 Å². The lowest BCUT2D eigenvalue weighted by molar-refractivity contribution is -0.130. The minimum absolute atomic E-state index is 0.236. The molecule has 19 heavy (non-hydrogen) atoms. The summed E-state index contributed by atoms with van der Waals surface area (Å²) in [5, 5.41) is 2.04. The molecule has 0 atom stereocenters. The second kappa shape index (κ2) is 6.51. The predicted octanol–water partition coefficient (Wildman–Crippen LogP) is 4.28. The highest BCUT2D eigenvalue weighted by molar-refractivity contribution is 9.10. The van der Waals surface area contributed by atoms with Crippen molar-refractivity contribution in [2.75, 3.05) is 14.1 Å². The Morgan fingerprint density at radius 2 is 1.95 bits per heavy atom. The lowest BCUT2D eigenvalue weighted by Crippen LogP contribution is -2.51. The summed E-state index contributed by atoms with van der Waals surface area (Å²) < 4.78 is 1.08. The first-order valence-electron chi connectivity index (χ1n) is 6.99. The Labute approximate surface area is 128 Å². The summed E-state index contributed by atoms with van der Waals surface area (Å²) in [4.78, 5) is 16.2. The third kappa shape index (κ3) is 3.29. The first kappa shape index (κ1) is 15.2. The molecule has 0 aromatic carbocycles. The maximum absolute atomic E-state index is 12.9. The van der Waals surface area contributed by atoms with Crippen LogP contribution in [-0.2, 0) is 11.2 Å². The summed E-state index contributed by atoms with van der Waals surface area (Å²) in [5.74, 6) is 0.391. The van der Waals surface area contributed by atoms with Gasteiger partial charge in [-0.25, -0.2) is 0 Å². The van der Waals surface area contributed by atoms with Crippen molar-refractivity contribution < 1.29 is 4.79 Å². The minimum Gasteiger partial charge on any atom is -0.297 e. The molecule has 0 N–H and O–H groups in total. The number of halogens is 1. The second-order valence-corrected chi connectivity index (χ2v) is 7.49. The Balaban J connectivity index is 2.18. The molecule has 0 radical (unpaired) electrons. The fraction of sp³-hybridized carbons (Fsp3) is 0.667. The first-order chi connectivity index (χ1) is 9.06. The zero-order valence-corrected chi connectivity index (χ0v) is 14.1. The molecule has 1 saturated carbocycles. The van der Waals surface area contributed by atoms with Crippen molar-refractivity contribution in [2.45, 2.75) is 50.5 Å². The van der Waals surface area contributed by atoms with E-state index in [2.05, 4.69) is 34.9 Å². The van der Waals surface area contributed by atoms with Crippen LogP contribution in [0.25, 0.3) is 0 Å². The minimum atomic E-state index is -0.236. The standard InChI is InChI=1S/C15H22BrNOS/c1-17(2)15(8-5-3-4-6-9-15)14(18)11-13-12(16)7-10-19-13/h7,10H,3-6,8-9,11H2,1-2H3. The topological polar surface area (TPSA) is 20.3 Å². The number of ketones is 1. The molecule has 1 aliphatic carbocycles. The monoisotopic (exact) mass is 343 g/mol. The van der Waals surface area contributed by atoms with E-state index in [1.54, 1.807) is 11.3 Å². The molecule has 0 unspecified atom stereocenters. The molecule has 1 aromatic rings. The molecule has 1 aliphatic rings. The Bertz CT molecular complexity index is 433. The quantitative estimate of drug-likeness (QED) is 0.760. The highest BCUT2D eigenvalue weighted by atomic mass is 79.9. The zero-order chi connectivity index (χ0) is 13.9. The van der Waals surface area contributed by atoms with Gasteiger partial charge in [0.1, 0.15) is 0 Å². The number of nitrogens with zero attached hydrogens (tertiary/aromatic N) is 1. The largest absolute Gasteiger partial charge is 0.297 e. The summed E-state index contributed by atoms with van der Waals surface area (Å²) in [6, 6.07) is 2.03. The van der Waals surface area contributed by atoms with Crippen LogP contribution in [0.1, 0.15) is 43.4 Å². The molecule has 1 aromatic heterocycles. The summed E-state index contributed by atoms with van der Waals surface area (Å²) >= 11 is 5.20. The van der Waals surface area contributed by atoms with Crippen molar-refractivity contribution in [2.24, 2.45) is 0 Å². The Morgan fingerprint density at radius 3 is 2.42 bits per heavy atom. The molecule has 0 amide bonds. The lowest BCUT2D eigenvalue weighted by Gasteiger charge is -2.38. The third-order valence-corrected chi connectivity index (χ3v) is 6.24. The van der Waals surface area contributed by atoms with E-state index in [0.717, 1.165) is 22.2 Å². The molecule has 1 heterocycles. The fourth-order valence-electron chi connectivity index (χ4n) is 3.05. The van der Waals surface area contributed by atoms with E-state index in [9.17, 15) is 4.79 Å². The molecule has 106 valence electrons. The smallest absolute Gasteiger partial charge is 0.158 e. The summed E-state index contributed by atoms with van der Waals surface area (Å²) in [6.45, 7) is 0. The van der Waals surface area contributed by atoms with Crippen LogP contribution in [0.15, 0.2) is 15.9 Å². The van der Waals surface area contributed by atoms with Crippen LogP contribution in [0.3, 0.4) is 0 Å². The van der Waals surface area contributed by atoms with Gasteiger partial charge in [0.05, 0.1) is 5.54 Å². The molecule has 2 rings (SSSR count). The number of thiophene rings is 1. The number of hydrogen-bond donors (Lipinski definition) is 0. The fourth-order valence-corrected chi connectivity index (χ4v) is 4.54. The average molecular weight is 344 g/mol. The van der Waals surface area contributed by atoms with Gasteiger partial charge in [-0.2, -0.15) is 0 Å². The predicted molar refractivity (Wildman–Crippen MR) is 84.9 cm³/mol. The van der Waals surface area contributed by atoms with Gasteiger partial charge in [0, 0.05) is 15.8 Å². The van der Waals surface area contributed by atoms with Crippen LogP contribution in [0.4, 0.5) is 0 Å². The van der Waals surface area contributed by atoms with Crippen molar-refractivity contribution in [3.8, 4) is 0 Å². The van der Waals surface area contributed by atoms with Gasteiger partial charge in [-0.15, -0.1) is 11.3 Å². The maximum atomic E-state index is 12.9. The van der Waals surface area contributed by atoms with Crippen LogP contribution in [0.5, 0.6) is 0 Å². The van der Waals surface area contributed by atoms with Crippen molar-refractivity contribution in [3.63, 3.8) is 0 Å². The number of likely N-dealkylation sites (N-methyl/N-ethyl adjacent to an activating group) is 1. The second-order valence-electron chi connectivity index (χ2n) is 5.63. The first-order valence-corrected chi connectivity index (χ1v) is 8.66. The van der Waals surface area contributed by atoms with E-state index in [1.165, 1.54) is 25.7 Å². The molecular formula is C15H22BrNOS. The lowest BCUT2D eigenvalue weighted by atomic mass is 9.83. The highest BCUT2D eigenvalue weighted by Crippen LogP contribution is 2.34. The van der Waals surface area contributed by atoms with Gasteiger partial charge < -0.3 is 0 Å². The van der Waals surface area contributed by atoms with E-state index >= 15 is 0 Å². The molecule has 2 nitrogen and oxygen atoms in total. The van der Waals surface area contributed by atoms with E-state index in [0.29, 0.717) is 12.2 Å². The normalized spacial score (nSPS) is 19.4. The van der Waals surface area contributed by atoms with Gasteiger partial charge in [-0.05, 0) is 54.3 Å². The molecular weight excluding hydrogens is 322 g/mol. The Kier molecular flexibility index (Phi) is 5.21. The van der Waals surface area contributed by atoms with Crippen LogP contribution in [-0.4, -0.2) is 30.3 Å². The molecule has 0 bridgehead atoms. The number of rotatable bonds is 4. The molecule has 0 saturated heterocycles. The van der Waals surface area contributed by atoms with Crippen LogP contribution < -0.4 is 0 Å². The van der Waals surface area contributed by atoms with Crippen LogP contribution in [0, 0.1) is 0 Å². The van der Waals surface area contributed by atoms with Crippen molar-refractivity contribution >= 4 is 33.0 Å². The molecule has 0 spiro atoms. The molecule has 0 aliphatic heterocycles. The SMILES string of the molecule is CN(C)C1(C(=O)Cc2sccc2Br)CCCCCC1. The summed E-state index contributed by atoms with van der Waals surface area (Å²) in [7, 11) is 4.12. The van der Waals surface area contributed by atoms with E-state index in [-0.39, 0.29) is 5.54 Å². The van der Waals surface area contributed by atoms with Crippen molar-refractivity contribution in [1.29, 1.82) is 0 Å². The number of carbonyl (C=O) groups excluding carboxylic acids is 1. The summed E-state index contributed by atoms with van der Waals surface area (Å²) in [5.41, 5.74) is -0.236. The van der Waals surface area contributed by atoms with Crippen molar-refractivity contribution in [3.05, 3.63) is 20.8 Å². The maximum Gasteiger partial charge on any atom is 0.158 e. The highest BCUT2D eigenvalue weighted by Gasteiger charge is 2.40. The summed E-state index contributed by atoms with van der Waals surface area (Å²) in [6.07, 6.45) is 7.49. The van der Waals surface area contributed by atoms with Crippen LogP contribution >= 0.6 is 27.3 Å². The van der Waals surface area contributed by atoms with Gasteiger partial charge in [0.25, 0.3) is 0 Å². The number of carbonyl (C=O) groups is 1. The van der Waals surface area contributed by atoms with Crippen molar-refractivity contribution in [1.82, 2.24) is 4.90 Å².